The number of benzene rings is 1. The summed E-state index contributed by atoms with van der Waals surface area (Å²) in [5.41, 5.74) is 2.55. The molecule has 1 aromatic carbocycles. The average molecular weight is 353 g/mol. The fraction of sp³-hybridized carbons (Fsp3) is 0.167. The second-order valence-electron chi connectivity index (χ2n) is 5.56. The second kappa shape index (κ2) is 7.31. The van der Waals surface area contributed by atoms with E-state index in [-0.39, 0.29) is 18.0 Å². The third-order valence-electron chi connectivity index (χ3n) is 3.80. The molecule has 0 unspecified atom stereocenters. The van der Waals surface area contributed by atoms with E-state index in [4.69, 9.17) is 0 Å². The Bertz CT molecular complexity index is 911. The Morgan fingerprint density at radius 3 is 2.52 bits per heavy atom. The van der Waals surface area contributed by atoms with Crippen LogP contribution in [-0.4, -0.2) is 32.5 Å². The van der Waals surface area contributed by atoms with Gasteiger partial charge in [0.25, 0.3) is 5.78 Å². The van der Waals surface area contributed by atoms with Crippen molar-refractivity contribution in [1.82, 2.24) is 15.2 Å². The molecule has 0 atom stereocenters. The molecule has 0 saturated carbocycles. The van der Waals surface area contributed by atoms with E-state index in [2.05, 4.69) is 15.2 Å². The maximum Gasteiger partial charge on any atom is 0.265 e. The molecule has 0 aliphatic carbocycles. The number of nitrogens with zero attached hydrogens (tertiary/aromatic N) is 2. The minimum absolute atomic E-state index is 0.0277. The summed E-state index contributed by atoms with van der Waals surface area (Å²) in [6.45, 7) is 1.53. The van der Waals surface area contributed by atoms with Crippen LogP contribution in [0.15, 0.2) is 42.0 Å². The Morgan fingerprint density at radius 2 is 1.88 bits per heavy atom. The lowest BCUT2D eigenvalue weighted by molar-refractivity contribution is -0.114. The third-order valence-corrected chi connectivity index (χ3v) is 4.76. The van der Waals surface area contributed by atoms with Crippen molar-refractivity contribution in [2.75, 3.05) is 0 Å². The van der Waals surface area contributed by atoms with Gasteiger partial charge in [0, 0.05) is 23.3 Å². The van der Waals surface area contributed by atoms with Crippen molar-refractivity contribution in [2.45, 2.75) is 19.8 Å². The van der Waals surface area contributed by atoms with E-state index in [1.807, 2.05) is 23.6 Å². The van der Waals surface area contributed by atoms with E-state index in [0.717, 1.165) is 16.0 Å². The van der Waals surface area contributed by atoms with Gasteiger partial charge in [-0.3, -0.25) is 19.5 Å². The predicted molar refractivity (Wildman–Crippen MR) is 93.0 cm³/mol. The smallest absolute Gasteiger partial charge is 0.265 e. The Labute approximate surface area is 147 Å². The zero-order valence-electron chi connectivity index (χ0n) is 13.5. The summed E-state index contributed by atoms with van der Waals surface area (Å²) in [5.74, 6) is -1.20. The lowest BCUT2D eigenvalue weighted by Crippen LogP contribution is -2.18. The molecule has 0 radical (unpaired) electrons. The summed E-state index contributed by atoms with van der Waals surface area (Å²) in [6.07, 6.45) is 1.88. The number of H-pyrrole nitrogens is 1. The molecule has 3 rings (SSSR count). The summed E-state index contributed by atoms with van der Waals surface area (Å²) in [7, 11) is 0. The molecule has 0 aliphatic heterocycles. The molecule has 0 saturated heterocycles. The molecule has 0 aliphatic rings. The van der Waals surface area contributed by atoms with Gasteiger partial charge < -0.3 is 0 Å². The van der Waals surface area contributed by atoms with Crippen molar-refractivity contribution in [1.29, 1.82) is 0 Å². The van der Waals surface area contributed by atoms with Gasteiger partial charge in [-0.15, -0.1) is 11.3 Å². The molecule has 6 nitrogen and oxygen atoms in total. The number of nitrogens with one attached hydrogen (secondary N) is 1. The van der Waals surface area contributed by atoms with E-state index in [1.165, 1.54) is 24.6 Å². The third kappa shape index (κ3) is 3.95. The molecule has 0 fully saturated rings. The molecule has 0 spiro atoms. The zero-order chi connectivity index (χ0) is 17.8. The van der Waals surface area contributed by atoms with Crippen LogP contribution < -0.4 is 0 Å². The summed E-state index contributed by atoms with van der Waals surface area (Å²) in [4.78, 5) is 40.2. The number of ketones is 3. The Balaban J connectivity index is 1.71. The van der Waals surface area contributed by atoms with E-state index < -0.39 is 11.6 Å². The van der Waals surface area contributed by atoms with Crippen LogP contribution in [0.2, 0.25) is 0 Å². The quantitative estimate of drug-likeness (QED) is 0.521. The van der Waals surface area contributed by atoms with Gasteiger partial charge in [-0.2, -0.15) is 5.10 Å². The van der Waals surface area contributed by atoms with Gasteiger partial charge in [0.05, 0.1) is 0 Å². The number of rotatable bonds is 7. The molecule has 3 aromatic rings. The number of aromatic nitrogens is 3. The minimum Gasteiger partial charge on any atom is -0.295 e. The second-order valence-corrected chi connectivity index (χ2v) is 6.56. The van der Waals surface area contributed by atoms with E-state index in [1.54, 1.807) is 12.1 Å². The number of hydrogen-bond donors (Lipinski definition) is 1. The van der Waals surface area contributed by atoms with Crippen LogP contribution in [0.5, 0.6) is 0 Å². The topological polar surface area (TPSA) is 92.8 Å². The Hall–Kier alpha value is -2.93. The number of carbonyl (C=O) groups excluding carboxylic acids is 3. The molecule has 1 N–H and O–H groups in total. The minimum atomic E-state index is -0.666. The number of Topliss-reactive ketones (excluding diaryl/α,β-unsaturated/α-hetero) is 3. The molecule has 7 heteroatoms. The first-order valence-electron chi connectivity index (χ1n) is 7.62. The highest BCUT2D eigenvalue weighted by Crippen LogP contribution is 2.22. The first-order valence-corrected chi connectivity index (χ1v) is 8.50. The van der Waals surface area contributed by atoms with E-state index in [0.29, 0.717) is 12.0 Å². The molecule has 2 heterocycles. The summed E-state index contributed by atoms with van der Waals surface area (Å²) >= 11 is 1.54. The van der Waals surface area contributed by atoms with Crippen molar-refractivity contribution in [2.24, 2.45) is 0 Å². The maximum atomic E-state index is 12.2. The highest BCUT2D eigenvalue weighted by Gasteiger charge is 2.21. The van der Waals surface area contributed by atoms with E-state index in [9.17, 15) is 14.4 Å². The van der Waals surface area contributed by atoms with Crippen molar-refractivity contribution in [3.8, 4) is 0 Å². The average Bonchev–Trinajstić information content (AvgIpc) is 3.27. The SMILES string of the molecule is CC(=O)c1ccc(Cc2sccc2CC(=O)C(=O)c2ncn[nH]2)cc1. The van der Waals surface area contributed by atoms with Gasteiger partial charge in [0.15, 0.2) is 11.6 Å². The van der Waals surface area contributed by atoms with Crippen molar-refractivity contribution in [3.63, 3.8) is 0 Å². The van der Waals surface area contributed by atoms with Crippen molar-refractivity contribution in [3.05, 3.63) is 69.4 Å². The fourth-order valence-electron chi connectivity index (χ4n) is 2.42. The number of hydrogen-bond acceptors (Lipinski definition) is 6. The molecule has 0 bridgehead atoms. The number of carbonyl (C=O) groups is 3. The lowest BCUT2D eigenvalue weighted by Gasteiger charge is -2.04. The van der Waals surface area contributed by atoms with Gasteiger partial charge in [0.1, 0.15) is 6.33 Å². The first kappa shape index (κ1) is 16.9. The van der Waals surface area contributed by atoms with Gasteiger partial charge in [-0.05, 0) is 29.5 Å². The zero-order valence-corrected chi connectivity index (χ0v) is 14.3. The van der Waals surface area contributed by atoms with Crippen LogP contribution >= 0.6 is 11.3 Å². The standard InChI is InChI=1S/C18H15N3O3S/c1-11(22)13-4-2-12(3-5-13)8-16-14(6-7-25-16)9-15(23)17(24)18-19-10-20-21-18/h2-7,10H,8-9H2,1H3,(H,19,20,21). The molecular formula is C18H15N3O3S. The Kier molecular flexibility index (Phi) is 4.95. The van der Waals surface area contributed by atoms with Gasteiger partial charge in [-0.1, -0.05) is 24.3 Å². The largest absolute Gasteiger partial charge is 0.295 e. The molecule has 2 aromatic heterocycles. The highest BCUT2D eigenvalue weighted by atomic mass is 32.1. The first-order chi connectivity index (χ1) is 12.0. The van der Waals surface area contributed by atoms with Gasteiger partial charge in [0.2, 0.25) is 5.78 Å². The predicted octanol–water partition coefficient (Wildman–Crippen LogP) is 2.65. The fourth-order valence-corrected chi connectivity index (χ4v) is 3.36. The van der Waals surface area contributed by atoms with Crippen molar-refractivity contribution >= 4 is 28.7 Å². The van der Waals surface area contributed by atoms with Crippen LogP contribution in [0.1, 0.15) is 43.9 Å². The Morgan fingerprint density at radius 1 is 1.12 bits per heavy atom. The van der Waals surface area contributed by atoms with Crippen LogP contribution in [0.25, 0.3) is 0 Å². The van der Waals surface area contributed by atoms with Gasteiger partial charge in [-0.25, -0.2) is 4.98 Å². The molecular weight excluding hydrogens is 338 g/mol. The number of thiophene rings is 1. The van der Waals surface area contributed by atoms with Crippen molar-refractivity contribution < 1.29 is 14.4 Å². The van der Waals surface area contributed by atoms with Crippen LogP contribution in [0.3, 0.4) is 0 Å². The highest BCUT2D eigenvalue weighted by molar-refractivity contribution is 7.10. The molecule has 25 heavy (non-hydrogen) atoms. The summed E-state index contributed by atoms with van der Waals surface area (Å²) in [6, 6.07) is 9.26. The normalized spacial score (nSPS) is 10.6. The number of aromatic amines is 1. The monoisotopic (exact) mass is 353 g/mol. The van der Waals surface area contributed by atoms with Gasteiger partial charge >= 0.3 is 0 Å². The lowest BCUT2D eigenvalue weighted by atomic mass is 10.0. The maximum absolute atomic E-state index is 12.2. The molecule has 126 valence electrons. The molecule has 0 amide bonds. The van der Waals surface area contributed by atoms with E-state index >= 15 is 0 Å². The van der Waals surface area contributed by atoms with Crippen LogP contribution in [-0.2, 0) is 17.6 Å². The van der Waals surface area contributed by atoms with Crippen LogP contribution in [0.4, 0.5) is 0 Å². The summed E-state index contributed by atoms with van der Waals surface area (Å²) in [5, 5.41) is 7.90. The van der Waals surface area contributed by atoms with Crippen LogP contribution in [0, 0.1) is 0 Å². The summed E-state index contributed by atoms with van der Waals surface area (Å²) < 4.78 is 0.